The maximum absolute atomic E-state index is 12.8. The molecule has 0 spiro atoms. The van der Waals surface area contributed by atoms with Gasteiger partial charge < -0.3 is 10.2 Å². The molecule has 1 aromatic heterocycles. The lowest BCUT2D eigenvalue weighted by Crippen LogP contribution is -2.35. The third-order valence-corrected chi connectivity index (χ3v) is 6.39. The quantitative estimate of drug-likeness (QED) is 0.789. The fraction of sp³-hybridized carbons (Fsp3) is 0.609. The normalized spacial score (nSPS) is 18.4. The van der Waals surface area contributed by atoms with E-state index in [0.29, 0.717) is 23.0 Å². The Morgan fingerprint density at radius 2 is 2.00 bits per heavy atom. The number of aryl methyl sites for hydroxylation is 1. The van der Waals surface area contributed by atoms with Gasteiger partial charge in [-0.2, -0.15) is 0 Å². The van der Waals surface area contributed by atoms with Gasteiger partial charge in [0, 0.05) is 25.1 Å². The van der Waals surface area contributed by atoms with Crippen LogP contribution < -0.4 is 10.9 Å². The van der Waals surface area contributed by atoms with Crippen molar-refractivity contribution in [1.82, 2.24) is 19.8 Å². The number of benzene rings is 1. The molecule has 1 saturated heterocycles. The van der Waals surface area contributed by atoms with Crippen molar-refractivity contribution in [2.75, 3.05) is 26.2 Å². The van der Waals surface area contributed by atoms with Crippen LogP contribution in [0.15, 0.2) is 23.0 Å². The molecule has 0 unspecified atom stereocenters. The van der Waals surface area contributed by atoms with Crippen molar-refractivity contribution in [1.29, 1.82) is 0 Å². The molecule has 2 aliphatic rings. The van der Waals surface area contributed by atoms with Gasteiger partial charge in [0.2, 0.25) is 0 Å². The summed E-state index contributed by atoms with van der Waals surface area (Å²) in [5, 5.41) is 3.63. The van der Waals surface area contributed by atoms with E-state index >= 15 is 0 Å². The van der Waals surface area contributed by atoms with Crippen LogP contribution in [0.5, 0.6) is 0 Å². The molecule has 0 radical (unpaired) electrons. The third kappa shape index (κ3) is 4.69. The number of nitrogens with zero attached hydrogens (tertiary/aromatic N) is 3. The molecule has 3 heterocycles. The SMILES string of the molecule is CC1CCN(CCCNC(=O)c2ccc3c(=O)n4c(nc3c2)CCCCC4)CC1. The number of nitrogens with one attached hydrogen (secondary N) is 1. The van der Waals surface area contributed by atoms with Crippen LogP contribution in [0.25, 0.3) is 10.9 Å². The molecule has 1 fully saturated rings. The molecule has 1 amide bonds. The third-order valence-electron chi connectivity index (χ3n) is 6.39. The molecule has 0 atom stereocenters. The van der Waals surface area contributed by atoms with Crippen molar-refractivity contribution in [2.45, 2.75) is 58.4 Å². The number of likely N-dealkylation sites (tertiary alicyclic amines) is 1. The van der Waals surface area contributed by atoms with E-state index in [9.17, 15) is 9.59 Å². The molecular formula is C23H32N4O2. The molecule has 2 aliphatic heterocycles. The minimum Gasteiger partial charge on any atom is -0.352 e. The zero-order valence-corrected chi connectivity index (χ0v) is 17.5. The van der Waals surface area contributed by atoms with Gasteiger partial charge in [0.25, 0.3) is 11.5 Å². The minimum absolute atomic E-state index is 0.0229. The monoisotopic (exact) mass is 396 g/mol. The second kappa shape index (κ2) is 9.08. The highest BCUT2D eigenvalue weighted by Gasteiger charge is 2.16. The number of amides is 1. The lowest BCUT2D eigenvalue weighted by molar-refractivity contribution is 0.0950. The van der Waals surface area contributed by atoms with Crippen molar-refractivity contribution in [3.8, 4) is 0 Å². The van der Waals surface area contributed by atoms with E-state index in [-0.39, 0.29) is 11.5 Å². The second-order valence-corrected chi connectivity index (χ2v) is 8.66. The first kappa shape index (κ1) is 20.1. The Labute approximate surface area is 172 Å². The molecule has 29 heavy (non-hydrogen) atoms. The van der Waals surface area contributed by atoms with Gasteiger partial charge in [-0.3, -0.25) is 14.2 Å². The number of rotatable bonds is 5. The van der Waals surface area contributed by atoms with Crippen molar-refractivity contribution < 1.29 is 4.79 Å². The van der Waals surface area contributed by atoms with Crippen LogP contribution in [0.3, 0.4) is 0 Å². The molecule has 0 saturated carbocycles. The average molecular weight is 397 g/mol. The predicted molar refractivity (Wildman–Crippen MR) is 115 cm³/mol. The highest BCUT2D eigenvalue weighted by molar-refractivity contribution is 5.97. The Morgan fingerprint density at radius 1 is 1.17 bits per heavy atom. The molecule has 1 N–H and O–H groups in total. The Kier molecular flexibility index (Phi) is 6.28. The summed E-state index contributed by atoms with van der Waals surface area (Å²) >= 11 is 0. The first-order chi connectivity index (χ1) is 14.1. The Hall–Kier alpha value is -2.21. The van der Waals surface area contributed by atoms with E-state index in [1.165, 1.54) is 25.9 Å². The molecular weight excluding hydrogens is 364 g/mol. The standard InChI is InChI=1S/C23H32N4O2/c1-17-9-14-26(15-10-17)12-5-11-24-22(28)18-7-8-19-20(16-18)25-21-6-3-2-4-13-27(21)23(19)29/h7-8,16-17H,2-6,9-15H2,1H3,(H,24,28). The number of carbonyl (C=O) groups is 1. The van der Waals surface area contributed by atoms with E-state index in [1.807, 2.05) is 4.57 Å². The fourth-order valence-electron chi connectivity index (χ4n) is 4.45. The van der Waals surface area contributed by atoms with Gasteiger partial charge in [-0.25, -0.2) is 4.98 Å². The first-order valence-electron chi connectivity index (χ1n) is 11.2. The second-order valence-electron chi connectivity index (χ2n) is 8.66. The van der Waals surface area contributed by atoms with E-state index < -0.39 is 0 Å². The van der Waals surface area contributed by atoms with Crippen LogP contribution in [0.1, 0.15) is 61.6 Å². The summed E-state index contributed by atoms with van der Waals surface area (Å²) in [6, 6.07) is 5.27. The average Bonchev–Trinajstić information content (AvgIpc) is 2.98. The van der Waals surface area contributed by atoms with Gasteiger partial charge >= 0.3 is 0 Å². The largest absolute Gasteiger partial charge is 0.352 e. The molecule has 2 aromatic rings. The molecule has 0 aliphatic carbocycles. The summed E-state index contributed by atoms with van der Waals surface area (Å²) in [6.45, 7) is 7.12. The van der Waals surface area contributed by atoms with E-state index in [2.05, 4.69) is 17.1 Å². The maximum atomic E-state index is 12.8. The van der Waals surface area contributed by atoms with Crippen molar-refractivity contribution >= 4 is 16.8 Å². The summed E-state index contributed by atoms with van der Waals surface area (Å²) < 4.78 is 1.82. The van der Waals surface area contributed by atoms with Crippen LogP contribution in [0.2, 0.25) is 0 Å². The fourth-order valence-corrected chi connectivity index (χ4v) is 4.45. The smallest absolute Gasteiger partial charge is 0.261 e. The first-order valence-corrected chi connectivity index (χ1v) is 11.2. The molecule has 0 bridgehead atoms. The number of hydrogen-bond acceptors (Lipinski definition) is 4. The number of piperidine rings is 1. The Balaban J connectivity index is 1.38. The van der Waals surface area contributed by atoms with Crippen LogP contribution >= 0.6 is 0 Å². The highest BCUT2D eigenvalue weighted by atomic mass is 16.1. The maximum Gasteiger partial charge on any atom is 0.261 e. The summed E-state index contributed by atoms with van der Waals surface area (Å²) in [7, 11) is 0. The highest BCUT2D eigenvalue weighted by Crippen LogP contribution is 2.17. The van der Waals surface area contributed by atoms with Gasteiger partial charge in [0.05, 0.1) is 10.9 Å². The van der Waals surface area contributed by atoms with Gasteiger partial charge in [-0.15, -0.1) is 0 Å². The number of hydrogen-bond donors (Lipinski definition) is 1. The Morgan fingerprint density at radius 3 is 2.83 bits per heavy atom. The van der Waals surface area contributed by atoms with Gasteiger partial charge in [-0.05, 0) is 75.9 Å². The summed E-state index contributed by atoms with van der Waals surface area (Å²) in [5.74, 6) is 1.61. The van der Waals surface area contributed by atoms with Crippen LogP contribution in [-0.4, -0.2) is 46.5 Å². The van der Waals surface area contributed by atoms with E-state index in [4.69, 9.17) is 4.98 Å². The van der Waals surface area contributed by atoms with Crippen molar-refractivity contribution in [3.63, 3.8) is 0 Å². The topological polar surface area (TPSA) is 67.2 Å². The molecule has 156 valence electrons. The lowest BCUT2D eigenvalue weighted by atomic mass is 9.99. The number of carbonyl (C=O) groups excluding carboxylic acids is 1. The predicted octanol–water partition coefficient (Wildman–Crippen LogP) is 2.97. The summed E-state index contributed by atoms with van der Waals surface area (Å²) in [5.41, 5.74) is 1.24. The lowest BCUT2D eigenvalue weighted by Gasteiger charge is -2.30. The van der Waals surface area contributed by atoms with E-state index in [0.717, 1.165) is 56.9 Å². The summed E-state index contributed by atoms with van der Waals surface area (Å²) in [4.78, 5) is 32.6. The molecule has 6 heteroatoms. The van der Waals surface area contributed by atoms with E-state index in [1.54, 1.807) is 18.2 Å². The van der Waals surface area contributed by atoms with Crippen LogP contribution in [0, 0.1) is 5.92 Å². The van der Waals surface area contributed by atoms with Crippen LogP contribution in [0.4, 0.5) is 0 Å². The van der Waals surface area contributed by atoms with Gasteiger partial charge in [0.15, 0.2) is 0 Å². The van der Waals surface area contributed by atoms with Crippen LogP contribution in [-0.2, 0) is 13.0 Å². The molecule has 1 aromatic carbocycles. The van der Waals surface area contributed by atoms with Crippen molar-refractivity contribution in [3.05, 3.63) is 39.9 Å². The molecule has 4 rings (SSSR count). The number of fused-ring (bicyclic) bond motifs is 2. The van der Waals surface area contributed by atoms with Gasteiger partial charge in [0.1, 0.15) is 5.82 Å². The Bertz CT molecular complexity index is 928. The zero-order valence-electron chi connectivity index (χ0n) is 17.5. The van der Waals surface area contributed by atoms with Crippen molar-refractivity contribution in [2.24, 2.45) is 5.92 Å². The molecule has 6 nitrogen and oxygen atoms in total. The zero-order chi connectivity index (χ0) is 20.2. The minimum atomic E-state index is -0.0870. The number of aromatic nitrogens is 2. The van der Waals surface area contributed by atoms with Gasteiger partial charge in [-0.1, -0.05) is 13.3 Å². The summed E-state index contributed by atoms with van der Waals surface area (Å²) in [6.07, 6.45) is 7.56.